The number of hydrogen-bond donors (Lipinski definition) is 0. The van der Waals surface area contributed by atoms with Crippen LogP contribution < -0.4 is 0 Å². The van der Waals surface area contributed by atoms with E-state index in [0.717, 1.165) is 12.8 Å². The third-order valence-corrected chi connectivity index (χ3v) is 6.64. The van der Waals surface area contributed by atoms with E-state index in [0.29, 0.717) is 18.2 Å². The topological polar surface area (TPSA) is 101 Å². The van der Waals surface area contributed by atoms with Crippen molar-refractivity contribution in [2.24, 2.45) is 0 Å². The van der Waals surface area contributed by atoms with Gasteiger partial charge in [-0.1, -0.05) is 17.2 Å². The standard InChI is InChI=1S/C19H16N2O6S/c22-17-15-5-1-2-6-16(15)18(23)21(17)27-19(24)13-7-9-14(10-8-13)28(25,26)20-11-3-4-12-20/h1-2,5-10H,3-4,11-12H2. The van der Waals surface area contributed by atoms with Crippen molar-refractivity contribution in [1.29, 1.82) is 0 Å². The van der Waals surface area contributed by atoms with Gasteiger partial charge < -0.3 is 4.84 Å². The van der Waals surface area contributed by atoms with Crippen molar-refractivity contribution in [3.05, 3.63) is 65.2 Å². The van der Waals surface area contributed by atoms with Crippen molar-refractivity contribution < 1.29 is 27.6 Å². The molecule has 0 bridgehead atoms. The summed E-state index contributed by atoms with van der Waals surface area (Å²) in [6.45, 7) is 0.956. The Kier molecular flexibility index (Phi) is 4.48. The van der Waals surface area contributed by atoms with Gasteiger partial charge in [-0.25, -0.2) is 13.2 Å². The second kappa shape index (κ2) is 6.84. The molecular weight excluding hydrogens is 384 g/mol. The van der Waals surface area contributed by atoms with Crippen LogP contribution in [-0.2, 0) is 14.9 Å². The monoisotopic (exact) mass is 400 g/mol. The molecule has 0 N–H and O–H groups in total. The fourth-order valence-electron chi connectivity index (χ4n) is 3.23. The van der Waals surface area contributed by atoms with Crippen LogP contribution in [-0.4, -0.2) is 48.7 Å². The van der Waals surface area contributed by atoms with Gasteiger partial charge in [0, 0.05) is 13.1 Å². The fraction of sp³-hybridized carbons (Fsp3) is 0.211. The van der Waals surface area contributed by atoms with Crippen LogP contribution in [0.3, 0.4) is 0 Å². The third kappa shape index (κ3) is 2.98. The summed E-state index contributed by atoms with van der Waals surface area (Å²) in [6, 6.07) is 11.4. The quantitative estimate of drug-likeness (QED) is 0.726. The molecule has 2 aliphatic heterocycles. The van der Waals surface area contributed by atoms with Gasteiger partial charge in [-0.05, 0) is 49.2 Å². The lowest BCUT2D eigenvalue weighted by molar-refractivity contribution is -0.0584. The van der Waals surface area contributed by atoms with Crippen LogP contribution in [0, 0.1) is 0 Å². The summed E-state index contributed by atoms with van der Waals surface area (Å²) in [4.78, 5) is 41.9. The Bertz CT molecular complexity index is 1040. The Hall–Kier alpha value is -3.04. The van der Waals surface area contributed by atoms with Crippen molar-refractivity contribution in [1.82, 2.24) is 9.37 Å². The molecule has 0 spiro atoms. The van der Waals surface area contributed by atoms with E-state index in [2.05, 4.69) is 0 Å². The van der Waals surface area contributed by atoms with Gasteiger partial charge in [-0.2, -0.15) is 4.31 Å². The first-order valence-electron chi connectivity index (χ1n) is 8.70. The maximum atomic E-state index is 12.5. The molecule has 2 amide bonds. The van der Waals surface area contributed by atoms with Crippen molar-refractivity contribution in [3.63, 3.8) is 0 Å². The number of fused-ring (bicyclic) bond motifs is 1. The second-order valence-corrected chi connectivity index (χ2v) is 8.40. The Morgan fingerprint density at radius 1 is 0.857 bits per heavy atom. The number of hydrogen-bond acceptors (Lipinski definition) is 6. The second-order valence-electron chi connectivity index (χ2n) is 6.46. The number of benzene rings is 2. The predicted molar refractivity (Wildman–Crippen MR) is 96.8 cm³/mol. The number of carbonyl (C=O) groups excluding carboxylic acids is 3. The molecule has 0 saturated carbocycles. The molecule has 1 saturated heterocycles. The van der Waals surface area contributed by atoms with Gasteiger partial charge in [-0.15, -0.1) is 0 Å². The number of nitrogens with zero attached hydrogens (tertiary/aromatic N) is 2. The van der Waals surface area contributed by atoms with Crippen LogP contribution in [0.4, 0.5) is 0 Å². The highest BCUT2D eigenvalue weighted by molar-refractivity contribution is 7.89. The highest BCUT2D eigenvalue weighted by Crippen LogP contribution is 2.24. The van der Waals surface area contributed by atoms with E-state index in [-0.39, 0.29) is 21.6 Å². The minimum Gasteiger partial charge on any atom is -0.324 e. The summed E-state index contributed by atoms with van der Waals surface area (Å²) in [5.74, 6) is -2.37. The average molecular weight is 400 g/mol. The minimum absolute atomic E-state index is 0.0249. The van der Waals surface area contributed by atoms with E-state index >= 15 is 0 Å². The van der Waals surface area contributed by atoms with E-state index in [9.17, 15) is 22.8 Å². The zero-order chi connectivity index (χ0) is 19.9. The highest BCUT2D eigenvalue weighted by atomic mass is 32.2. The van der Waals surface area contributed by atoms with Gasteiger partial charge in [0.25, 0.3) is 11.8 Å². The number of imide groups is 1. The summed E-state index contributed by atoms with van der Waals surface area (Å²) in [5, 5.41) is 0.419. The summed E-state index contributed by atoms with van der Waals surface area (Å²) in [7, 11) is -3.59. The number of sulfonamides is 1. The van der Waals surface area contributed by atoms with Gasteiger partial charge in [-0.3, -0.25) is 9.59 Å². The Labute approximate surface area is 161 Å². The Balaban J connectivity index is 1.51. The van der Waals surface area contributed by atoms with E-state index in [1.807, 2.05) is 0 Å². The lowest BCUT2D eigenvalue weighted by Crippen LogP contribution is -2.32. The number of hydroxylamine groups is 2. The predicted octanol–water partition coefficient (Wildman–Crippen LogP) is 1.84. The summed E-state index contributed by atoms with van der Waals surface area (Å²) in [6.07, 6.45) is 1.65. The van der Waals surface area contributed by atoms with E-state index in [4.69, 9.17) is 4.84 Å². The third-order valence-electron chi connectivity index (χ3n) is 4.72. The molecule has 28 heavy (non-hydrogen) atoms. The van der Waals surface area contributed by atoms with Gasteiger partial charge >= 0.3 is 5.97 Å². The van der Waals surface area contributed by atoms with E-state index in [1.54, 1.807) is 12.1 Å². The van der Waals surface area contributed by atoms with E-state index < -0.39 is 27.8 Å². The van der Waals surface area contributed by atoms with Crippen LogP contribution >= 0.6 is 0 Å². The molecular formula is C19H16N2O6S. The lowest BCUT2D eigenvalue weighted by Gasteiger charge is -2.16. The molecule has 9 heteroatoms. The molecule has 2 aliphatic rings. The highest BCUT2D eigenvalue weighted by Gasteiger charge is 2.38. The first-order chi connectivity index (χ1) is 13.4. The smallest absolute Gasteiger partial charge is 0.324 e. The van der Waals surface area contributed by atoms with Crippen molar-refractivity contribution in [3.8, 4) is 0 Å². The molecule has 1 fully saturated rings. The molecule has 0 unspecified atom stereocenters. The molecule has 2 heterocycles. The first-order valence-corrected chi connectivity index (χ1v) is 10.1. The molecule has 0 aromatic heterocycles. The molecule has 144 valence electrons. The summed E-state index contributed by atoms with van der Waals surface area (Å²) >= 11 is 0. The number of amides is 2. The average Bonchev–Trinajstić information content (AvgIpc) is 3.33. The van der Waals surface area contributed by atoms with Gasteiger partial charge in [0.2, 0.25) is 10.0 Å². The molecule has 0 atom stereocenters. The Morgan fingerprint density at radius 3 is 1.93 bits per heavy atom. The fourth-order valence-corrected chi connectivity index (χ4v) is 4.74. The van der Waals surface area contributed by atoms with Gasteiger partial charge in [0.1, 0.15) is 0 Å². The number of carbonyl (C=O) groups is 3. The van der Waals surface area contributed by atoms with Crippen LogP contribution in [0.15, 0.2) is 53.4 Å². The summed E-state index contributed by atoms with van der Waals surface area (Å²) < 4.78 is 26.4. The molecule has 0 radical (unpaired) electrons. The minimum atomic E-state index is -3.59. The largest absolute Gasteiger partial charge is 0.363 e. The van der Waals surface area contributed by atoms with E-state index in [1.165, 1.54) is 40.7 Å². The van der Waals surface area contributed by atoms with Crippen molar-refractivity contribution in [2.75, 3.05) is 13.1 Å². The SMILES string of the molecule is O=C(ON1C(=O)c2ccccc2C1=O)c1ccc(S(=O)(=O)N2CCCC2)cc1. The van der Waals surface area contributed by atoms with Crippen LogP contribution in [0.1, 0.15) is 43.9 Å². The molecule has 0 aliphatic carbocycles. The normalized spacial score (nSPS) is 17.1. The molecule has 4 rings (SSSR count). The Morgan fingerprint density at radius 2 is 1.39 bits per heavy atom. The maximum Gasteiger partial charge on any atom is 0.363 e. The van der Waals surface area contributed by atoms with Crippen LogP contribution in [0.25, 0.3) is 0 Å². The molecule has 2 aromatic carbocycles. The van der Waals surface area contributed by atoms with Crippen LogP contribution in [0.2, 0.25) is 0 Å². The van der Waals surface area contributed by atoms with Gasteiger partial charge in [0.05, 0.1) is 21.6 Å². The zero-order valence-corrected chi connectivity index (χ0v) is 15.5. The first kappa shape index (κ1) is 18.3. The van der Waals surface area contributed by atoms with Crippen molar-refractivity contribution in [2.45, 2.75) is 17.7 Å². The molecule has 8 nitrogen and oxygen atoms in total. The zero-order valence-electron chi connectivity index (χ0n) is 14.7. The van der Waals surface area contributed by atoms with Gasteiger partial charge in [0.15, 0.2) is 0 Å². The lowest BCUT2D eigenvalue weighted by atomic mass is 10.1. The number of rotatable bonds is 4. The van der Waals surface area contributed by atoms with Crippen molar-refractivity contribution >= 4 is 27.8 Å². The maximum absolute atomic E-state index is 12.5. The summed E-state index contributed by atoms with van der Waals surface area (Å²) in [5.41, 5.74) is 0.344. The molecule has 2 aromatic rings. The van der Waals surface area contributed by atoms with Crippen LogP contribution in [0.5, 0.6) is 0 Å².